The normalized spacial score (nSPS) is 23.6. The molecule has 1 aromatic carbocycles. The molecule has 0 aromatic heterocycles. The first-order valence-corrected chi connectivity index (χ1v) is 9.24. The summed E-state index contributed by atoms with van der Waals surface area (Å²) < 4.78 is 0. The summed E-state index contributed by atoms with van der Waals surface area (Å²) in [6.45, 7) is 3.42. The Balaban J connectivity index is 1.84. The monoisotopic (exact) mass is 285 g/mol. The van der Waals surface area contributed by atoms with Gasteiger partial charge in [-0.3, -0.25) is 0 Å². The molecule has 1 N–H and O–H groups in total. The SMILES string of the molecule is CCCNC1CCCCc2ccc(C3CCCCC3)cc21. The van der Waals surface area contributed by atoms with Gasteiger partial charge in [0.15, 0.2) is 0 Å². The van der Waals surface area contributed by atoms with Crippen molar-refractivity contribution in [2.24, 2.45) is 0 Å². The molecule has 2 aliphatic carbocycles. The van der Waals surface area contributed by atoms with Gasteiger partial charge in [-0.2, -0.15) is 0 Å². The van der Waals surface area contributed by atoms with Crippen molar-refractivity contribution in [1.82, 2.24) is 5.32 Å². The maximum Gasteiger partial charge on any atom is 0.0323 e. The van der Waals surface area contributed by atoms with E-state index in [1.165, 1.54) is 64.2 Å². The van der Waals surface area contributed by atoms with Gasteiger partial charge in [0.25, 0.3) is 0 Å². The first kappa shape index (κ1) is 15.1. The molecule has 2 aliphatic rings. The van der Waals surface area contributed by atoms with Crippen molar-refractivity contribution in [3.05, 3.63) is 34.9 Å². The van der Waals surface area contributed by atoms with Gasteiger partial charge in [0.1, 0.15) is 0 Å². The highest BCUT2D eigenvalue weighted by Crippen LogP contribution is 2.36. The molecular weight excluding hydrogens is 254 g/mol. The molecule has 0 bridgehead atoms. The lowest BCUT2D eigenvalue weighted by Gasteiger charge is -2.25. The van der Waals surface area contributed by atoms with Gasteiger partial charge >= 0.3 is 0 Å². The van der Waals surface area contributed by atoms with Crippen molar-refractivity contribution < 1.29 is 0 Å². The van der Waals surface area contributed by atoms with E-state index in [1.54, 1.807) is 16.7 Å². The average Bonchev–Trinajstić information content (AvgIpc) is 2.75. The van der Waals surface area contributed by atoms with Gasteiger partial charge < -0.3 is 5.32 Å². The molecule has 0 radical (unpaired) electrons. The first-order valence-electron chi connectivity index (χ1n) is 9.24. The summed E-state index contributed by atoms with van der Waals surface area (Å²) >= 11 is 0. The zero-order valence-corrected chi connectivity index (χ0v) is 13.7. The minimum atomic E-state index is 0.603. The third-order valence-corrected chi connectivity index (χ3v) is 5.45. The molecule has 1 heteroatoms. The molecule has 1 saturated carbocycles. The molecule has 3 rings (SSSR count). The lowest BCUT2D eigenvalue weighted by Crippen LogP contribution is -2.22. The smallest absolute Gasteiger partial charge is 0.0323 e. The van der Waals surface area contributed by atoms with Crippen LogP contribution in [0.2, 0.25) is 0 Å². The molecule has 0 heterocycles. The van der Waals surface area contributed by atoms with Crippen LogP contribution in [0.4, 0.5) is 0 Å². The Bertz CT molecular complexity index is 445. The van der Waals surface area contributed by atoms with Crippen molar-refractivity contribution in [3.8, 4) is 0 Å². The summed E-state index contributed by atoms with van der Waals surface area (Å²) in [6.07, 6.45) is 13.7. The molecular formula is C20H31N. The Kier molecular flexibility index (Phi) is 5.35. The van der Waals surface area contributed by atoms with Crippen molar-refractivity contribution in [2.75, 3.05) is 6.54 Å². The number of nitrogens with one attached hydrogen (secondary N) is 1. The van der Waals surface area contributed by atoms with E-state index in [-0.39, 0.29) is 0 Å². The van der Waals surface area contributed by atoms with Crippen LogP contribution in [0, 0.1) is 0 Å². The van der Waals surface area contributed by atoms with Crippen LogP contribution in [0.3, 0.4) is 0 Å². The Labute approximate surface area is 130 Å². The molecule has 0 spiro atoms. The van der Waals surface area contributed by atoms with E-state index in [0.717, 1.165) is 12.5 Å². The highest BCUT2D eigenvalue weighted by molar-refractivity contribution is 5.37. The van der Waals surface area contributed by atoms with Crippen molar-refractivity contribution in [1.29, 1.82) is 0 Å². The van der Waals surface area contributed by atoms with E-state index in [4.69, 9.17) is 0 Å². The molecule has 1 unspecified atom stereocenters. The third kappa shape index (κ3) is 3.69. The van der Waals surface area contributed by atoms with Crippen LogP contribution < -0.4 is 5.32 Å². The molecule has 0 aliphatic heterocycles. The van der Waals surface area contributed by atoms with Gasteiger partial charge in [0, 0.05) is 6.04 Å². The Morgan fingerprint density at radius 3 is 2.62 bits per heavy atom. The number of fused-ring (bicyclic) bond motifs is 1. The van der Waals surface area contributed by atoms with Crippen LogP contribution in [-0.2, 0) is 6.42 Å². The zero-order valence-electron chi connectivity index (χ0n) is 13.7. The summed E-state index contributed by atoms with van der Waals surface area (Å²) in [5, 5.41) is 3.80. The summed E-state index contributed by atoms with van der Waals surface area (Å²) in [5.41, 5.74) is 4.86. The van der Waals surface area contributed by atoms with Crippen LogP contribution >= 0.6 is 0 Å². The van der Waals surface area contributed by atoms with Crippen LogP contribution in [0.1, 0.15) is 93.4 Å². The first-order chi connectivity index (χ1) is 10.4. The molecule has 1 atom stereocenters. The second kappa shape index (κ2) is 7.45. The Hall–Kier alpha value is -0.820. The molecule has 1 nitrogen and oxygen atoms in total. The predicted octanol–water partition coefficient (Wildman–Crippen LogP) is 5.50. The lowest BCUT2D eigenvalue weighted by atomic mass is 9.82. The van der Waals surface area contributed by atoms with E-state index in [0.29, 0.717) is 6.04 Å². The third-order valence-electron chi connectivity index (χ3n) is 5.45. The predicted molar refractivity (Wildman–Crippen MR) is 90.9 cm³/mol. The van der Waals surface area contributed by atoms with Crippen LogP contribution in [-0.4, -0.2) is 6.54 Å². The molecule has 1 aromatic rings. The van der Waals surface area contributed by atoms with Gasteiger partial charge in [-0.15, -0.1) is 0 Å². The summed E-state index contributed by atoms with van der Waals surface area (Å²) in [4.78, 5) is 0. The molecule has 0 amide bonds. The van der Waals surface area contributed by atoms with Crippen LogP contribution in [0.5, 0.6) is 0 Å². The fraction of sp³-hybridized carbons (Fsp3) is 0.700. The number of hydrogen-bond acceptors (Lipinski definition) is 1. The van der Waals surface area contributed by atoms with Gasteiger partial charge in [0.2, 0.25) is 0 Å². The van der Waals surface area contributed by atoms with Crippen molar-refractivity contribution in [2.45, 2.75) is 83.1 Å². The van der Waals surface area contributed by atoms with E-state index in [1.807, 2.05) is 0 Å². The topological polar surface area (TPSA) is 12.0 Å². The Morgan fingerprint density at radius 2 is 1.81 bits per heavy atom. The second-order valence-electron chi connectivity index (χ2n) is 7.05. The summed E-state index contributed by atoms with van der Waals surface area (Å²) in [5.74, 6) is 0.833. The summed E-state index contributed by atoms with van der Waals surface area (Å²) in [6, 6.07) is 8.07. The number of rotatable bonds is 4. The van der Waals surface area contributed by atoms with E-state index in [2.05, 4.69) is 30.4 Å². The molecule has 116 valence electrons. The van der Waals surface area contributed by atoms with Gasteiger partial charge in [-0.1, -0.05) is 50.8 Å². The fourth-order valence-corrected chi connectivity index (χ4v) is 4.21. The van der Waals surface area contributed by atoms with Crippen LogP contribution in [0.15, 0.2) is 18.2 Å². The minimum Gasteiger partial charge on any atom is -0.310 e. The standard InChI is InChI=1S/C20H31N/c1-2-14-21-20-11-7-6-10-17-12-13-18(15-19(17)20)16-8-4-3-5-9-16/h12-13,15-16,20-21H,2-11,14H2,1H3. The fourth-order valence-electron chi connectivity index (χ4n) is 4.21. The maximum atomic E-state index is 3.80. The van der Waals surface area contributed by atoms with E-state index >= 15 is 0 Å². The zero-order chi connectivity index (χ0) is 14.5. The van der Waals surface area contributed by atoms with E-state index in [9.17, 15) is 0 Å². The largest absolute Gasteiger partial charge is 0.310 e. The molecule has 1 fully saturated rings. The second-order valence-corrected chi connectivity index (χ2v) is 7.05. The van der Waals surface area contributed by atoms with Crippen LogP contribution in [0.25, 0.3) is 0 Å². The van der Waals surface area contributed by atoms with Crippen molar-refractivity contribution in [3.63, 3.8) is 0 Å². The highest BCUT2D eigenvalue weighted by Gasteiger charge is 2.21. The summed E-state index contributed by atoms with van der Waals surface area (Å²) in [7, 11) is 0. The van der Waals surface area contributed by atoms with Gasteiger partial charge in [0.05, 0.1) is 0 Å². The van der Waals surface area contributed by atoms with Gasteiger partial charge in [-0.25, -0.2) is 0 Å². The number of benzene rings is 1. The molecule has 21 heavy (non-hydrogen) atoms. The quantitative estimate of drug-likeness (QED) is 0.720. The lowest BCUT2D eigenvalue weighted by molar-refractivity contribution is 0.442. The van der Waals surface area contributed by atoms with Gasteiger partial charge in [-0.05, 0) is 67.7 Å². The number of hydrogen-bond donors (Lipinski definition) is 1. The minimum absolute atomic E-state index is 0.603. The van der Waals surface area contributed by atoms with E-state index < -0.39 is 0 Å². The van der Waals surface area contributed by atoms with Crippen molar-refractivity contribution >= 4 is 0 Å². The maximum absolute atomic E-state index is 3.80. The Morgan fingerprint density at radius 1 is 1.00 bits per heavy atom. The average molecular weight is 285 g/mol. The highest BCUT2D eigenvalue weighted by atomic mass is 14.9. The number of aryl methyl sites for hydroxylation is 1. The molecule has 0 saturated heterocycles.